The Labute approximate surface area is 121 Å². The highest BCUT2D eigenvalue weighted by Gasteiger charge is 2.29. The molecule has 0 spiro atoms. The summed E-state index contributed by atoms with van der Waals surface area (Å²) in [5.41, 5.74) is 0.455. The molecular weight excluding hydrogens is 284 g/mol. The number of methoxy groups -OCH3 is 1. The molecule has 1 heterocycles. The average Bonchev–Trinajstić information content (AvgIpc) is 2.46. The number of piperidine rings is 1. The number of hydrogen-bond donors (Lipinski definition) is 0. The molecule has 20 heavy (non-hydrogen) atoms. The van der Waals surface area contributed by atoms with E-state index >= 15 is 0 Å². The van der Waals surface area contributed by atoms with Crippen LogP contribution in [0.1, 0.15) is 12.8 Å². The molecule has 0 aliphatic carbocycles. The first-order chi connectivity index (χ1) is 9.52. The summed E-state index contributed by atoms with van der Waals surface area (Å²) in [5.74, 6) is -0.535. The third-order valence-corrected chi connectivity index (χ3v) is 3.67. The number of ether oxygens (including phenoxy) is 1. The van der Waals surface area contributed by atoms with Gasteiger partial charge in [0.2, 0.25) is 0 Å². The summed E-state index contributed by atoms with van der Waals surface area (Å²) in [6.07, 6.45) is 1.51. The number of nitrogens with zero attached hydrogens (tertiary/aromatic N) is 2. The highest BCUT2D eigenvalue weighted by Crippen LogP contribution is 2.34. The van der Waals surface area contributed by atoms with Crippen LogP contribution >= 0.6 is 11.6 Å². The monoisotopic (exact) mass is 298 g/mol. The van der Waals surface area contributed by atoms with Crippen LogP contribution in [0.2, 0.25) is 5.02 Å². The standard InChI is InChI=1S/C13H15ClN2O4/c1-20-13(17)9-3-2-6-15(8-9)12-7-10(14)4-5-11(12)16(18)19/h4-5,7,9H,2-3,6,8H2,1H3. The lowest BCUT2D eigenvalue weighted by Crippen LogP contribution is -2.39. The van der Waals surface area contributed by atoms with Gasteiger partial charge in [-0.25, -0.2) is 0 Å². The molecule has 0 radical (unpaired) electrons. The Hall–Kier alpha value is -1.82. The Balaban J connectivity index is 2.28. The molecule has 108 valence electrons. The molecule has 1 saturated heterocycles. The number of carbonyl (C=O) groups is 1. The van der Waals surface area contributed by atoms with Gasteiger partial charge >= 0.3 is 5.97 Å². The van der Waals surface area contributed by atoms with Gasteiger partial charge in [-0.1, -0.05) is 11.6 Å². The van der Waals surface area contributed by atoms with Crippen molar-refractivity contribution in [2.45, 2.75) is 12.8 Å². The van der Waals surface area contributed by atoms with Crippen molar-refractivity contribution < 1.29 is 14.5 Å². The van der Waals surface area contributed by atoms with Gasteiger partial charge in [0, 0.05) is 24.2 Å². The van der Waals surface area contributed by atoms with Gasteiger partial charge in [0.25, 0.3) is 5.69 Å². The topological polar surface area (TPSA) is 72.7 Å². The van der Waals surface area contributed by atoms with Crippen molar-refractivity contribution in [3.63, 3.8) is 0 Å². The number of anilines is 1. The average molecular weight is 299 g/mol. The van der Waals surface area contributed by atoms with E-state index in [9.17, 15) is 14.9 Å². The van der Waals surface area contributed by atoms with Crippen molar-refractivity contribution in [2.75, 3.05) is 25.1 Å². The maximum atomic E-state index is 11.6. The summed E-state index contributed by atoms with van der Waals surface area (Å²) in [4.78, 5) is 24.1. The molecule has 7 heteroatoms. The van der Waals surface area contributed by atoms with E-state index in [1.165, 1.54) is 19.2 Å². The van der Waals surface area contributed by atoms with Crippen molar-refractivity contribution in [1.82, 2.24) is 0 Å². The van der Waals surface area contributed by atoms with E-state index < -0.39 is 4.92 Å². The van der Waals surface area contributed by atoms with E-state index in [2.05, 4.69) is 0 Å². The first kappa shape index (κ1) is 14.6. The summed E-state index contributed by atoms with van der Waals surface area (Å²) < 4.78 is 4.75. The molecule has 0 N–H and O–H groups in total. The predicted molar refractivity (Wildman–Crippen MR) is 75.1 cm³/mol. The quantitative estimate of drug-likeness (QED) is 0.487. The molecule has 0 bridgehead atoms. The maximum Gasteiger partial charge on any atom is 0.310 e. The van der Waals surface area contributed by atoms with Crippen molar-refractivity contribution >= 4 is 28.9 Å². The molecule has 0 saturated carbocycles. The third kappa shape index (κ3) is 3.01. The summed E-state index contributed by atoms with van der Waals surface area (Å²) in [5, 5.41) is 11.5. The van der Waals surface area contributed by atoms with E-state index in [0.717, 1.165) is 12.8 Å². The number of nitro benzene ring substituents is 1. The zero-order valence-electron chi connectivity index (χ0n) is 11.0. The Morgan fingerprint density at radius 1 is 1.55 bits per heavy atom. The Bertz CT molecular complexity index is 535. The lowest BCUT2D eigenvalue weighted by atomic mass is 9.97. The van der Waals surface area contributed by atoms with Crippen LogP contribution in [0.3, 0.4) is 0 Å². The van der Waals surface area contributed by atoms with Gasteiger partial charge in [0.05, 0.1) is 18.0 Å². The normalized spacial score (nSPS) is 18.7. The SMILES string of the molecule is COC(=O)C1CCCN(c2cc(Cl)ccc2[N+](=O)[O-])C1. The molecule has 6 nitrogen and oxygen atoms in total. The zero-order chi connectivity index (χ0) is 14.7. The molecule has 1 aromatic rings. The van der Waals surface area contributed by atoms with Crippen LogP contribution < -0.4 is 4.90 Å². The van der Waals surface area contributed by atoms with Crippen LogP contribution in [-0.2, 0) is 9.53 Å². The van der Waals surface area contributed by atoms with Crippen LogP contribution in [0.5, 0.6) is 0 Å². The van der Waals surface area contributed by atoms with Gasteiger partial charge in [0.15, 0.2) is 0 Å². The highest BCUT2D eigenvalue weighted by molar-refractivity contribution is 6.31. The Kier molecular flexibility index (Phi) is 4.44. The number of halogens is 1. The van der Waals surface area contributed by atoms with Crippen molar-refractivity contribution in [3.8, 4) is 0 Å². The molecule has 1 aromatic carbocycles. The molecule has 0 amide bonds. The largest absolute Gasteiger partial charge is 0.469 e. The summed E-state index contributed by atoms with van der Waals surface area (Å²) >= 11 is 5.93. The van der Waals surface area contributed by atoms with Crippen LogP contribution in [0, 0.1) is 16.0 Å². The third-order valence-electron chi connectivity index (χ3n) is 3.43. The molecule has 1 unspecified atom stereocenters. The fourth-order valence-corrected chi connectivity index (χ4v) is 2.63. The number of nitro groups is 1. The second-order valence-electron chi connectivity index (χ2n) is 4.70. The van der Waals surface area contributed by atoms with E-state index in [0.29, 0.717) is 23.8 Å². The number of benzene rings is 1. The highest BCUT2D eigenvalue weighted by atomic mass is 35.5. The van der Waals surface area contributed by atoms with Crippen LogP contribution in [0.25, 0.3) is 0 Å². The van der Waals surface area contributed by atoms with Crippen molar-refractivity contribution in [1.29, 1.82) is 0 Å². The number of rotatable bonds is 3. The number of hydrogen-bond acceptors (Lipinski definition) is 5. The van der Waals surface area contributed by atoms with E-state index in [4.69, 9.17) is 16.3 Å². The molecule has 1 aliphatic heterocycles. The lowest BCUT2D eigenvalue weighted by molar-refractivity contribution is -0.384. The minimum atomic E-state index is -0.437. The molecular formula is C13H15ClN2O4. The minimum Gasteiger partial charge on any atom is -0.469 e. The fourth-order valence-electron chi connectivity index (χ4n) is 2.46. The van der Waals surface area contributed by atoms with Crippen LogP contribution in [-0.4, -0.2) is 31.1 Å². The van der Waals surface area contributed by atoms with Crippen LogP contribution in [0.4, 0.5) is 11.4 Å². The zero-order valence-corrected chi connectivity index (χ0v) is 11.8. The summed E-state index contributed by atoms with van der Waals surface area (Å²) in [7, 11) is 1.35. The Morgan fingerprint density at radius 2 is 2.30 bits per heavy atom. The minimum absolute atomic E-state index is 0.0000779. The smallest absolute Gasteiger partial charge is 0.310 e. The van der Waals surface area contributed by atoms with E-state index in [1.807, 2.05) is 4.90 Å². The number of carbonyl (C=O) groups excluding carboxylic acids is 1. The fraction of sp³-hybridized carbons (Fsp3) is 0.462. The first-order valence-electron chi connectivity index (χ1n) is 6.29. The summed E-state index contributed by atoms with van der Waals surface area (Å²) in [6.45, 7) is 1.07. The van der Waals surface area contributed by atoms with E-state index in [1.54, 1.807) is 6.07 Å². The van der Waals surface area contributed by atoms with Gasteiger partial charge in [0.1, 0.15) is 5.69 Å². The summed E-state index contributed by atoms with van der Waals surface area (Å²) in [6, 6.07) is 4.45. The molecule has 0 aromatic heterocycles. The van der Waals surface area contributed by atoms with E-state index in [-0.39, 0.29) is 17.6 Å². The molecule has 1 atom stereocenters. The van der Waals surface area contributed by atoms with Crippen molar-refractivity contribution in [2.24, 2.45) is 5.92 Å². The lowest BCUT2D eigenvalue weighted by Gasteiger charge is -2.32. The van der Waals surface area contributed by atoms with Gasteiger partial charge < -0.3 is 9.64 Å². The molecule has 1 fully saturated rings. The van der Waals surface area contributed by atoms with Gasteiger partial charge in [-0.05, 0) is 25.0 Å². The van der Waals surface area contributed by atoms with Gasteiger partial charge in [-0.3, -0.25) is 14.9 Å². The second kappa shape index (κ2) is 6.09. The Morgan fingerprint density at radius 3 is 2.95 bits per heavy atom. The molecule has 2 rings (SSSR count). The number of esters is 1. The van der Waals surface area contributed by atoms with Gasteiger partial charge in [-0.15, -0.1) is 0 Å². The maximum absolute atomic E-state index is 11.6. The molecule has 1 aliphatic rings. The first-order valence-corrected chi connectivity index (χ1v) is 6.67. The van der Waals surface area contributed by atoms with Crippen LogP contribution in [0.15, 0.2) is 18.2 Å². The predicted octanol–water partition coefficient (Wildman–Crippen LogP) is 2.64. The van der Waals surface area contributed by atoms with Crippen molar-refractivity contribution in [3.05, 3.63) is 33.3 Å². The second-order valence-corrected chi connectivity index (χ2v) is 5.13. The van der Waals surface area contributed by atoms with Gasteiger partial charge in [-0.2, -0.15) is 0 Å².